The number of nitrogens with two attached hydrogens (primary N) is 1. The van der Waals surface area contributed by atoms with E-state index >= 15 is 0 Å². The third kappa shape index (κ3) is 1.92. The second-order valence-corrected chi connectivity index (χ2v) is 4.77. The highest BCUT2D eigenvalue weighted by Crippen LogP contribution is 2.38. The van der Waals surface area contributed by atoms with E-state index in [2.05, 4.69) is 0 Å². The first-order valence-electron chi connectivity index (χ1n) is 4.75. The van der Waals surface area contributed by atoms with Crippen molar-refractivity contribution in [1.29, 1.82) is 0 Å². The molecule has 1 unspecified atom stereocenters. The van der Waals surface area contributed by atoms with Crippen LogP contribution in [0, 0.1) is 0 Å². The van der Waals surface area contributed by atoms with Crippen LogP contribution >= 0.6 is 11.3 Å². The van der Waals surface area contributed by atoms with Crippen LogP contribution in [0.2, 0.25) is 0 Å². The van der Waals surface area contributed by atoms with Crippen LogP contribution in [-0.2, 0) is 6.18 Å². The number of benzene rings is 1. The second kappa shape index (κ2) is 3.75. The van der Waals surface area contributed by atoms with E-state index in [-0.39, 0.29) is 11.4 Å². The molecule has 16 heavy (non-hydrogen) atoms. The molecule has 0 saturated heterocycles. The molecule has 1 aromatic carbocycles. The lowest BCUT2D eigenvalue weighted by Crippen LogP contribution is -2.05. The zero-order valence-electron chi connectivity index (χ0n) is 8.51. The van der Waals surface area contributed by atoms with E-state index in [1.54, 1.807) is 13.0 Å². The Bertz CT molecular complexity index is 513. The minimum Gasteiger partial charge on any atom is -0.324 e. The number of rotatable bonds is 1. The maximum absolute atomic E-state index is 12.7. The molecule has 2 aromatic rings. The van der Waals surface area contributed by atoms with Crippen molar-refractivity contribution >= 4 is 21.4 Å². The summed E-state index contributed by atoms with van der Waals surface area (Å²) in [4.78, 5) is 0.770. The van der Waals surface area contributed by atoms with Gasteiger partial charge in [-0.1, -0.05) is 6.07 Å². The van der Waals surface area contributed by atoms with Crippen LogP contribution in [0.4, 0.5) is 13.2 Å². The Hall–Kier alpha value is -1.07. The first-order chi connectivity index (χ1) is 7.39. The van der Waals surface area contributed by atoms with Crippen molar-refractivity contribution in [2.75, 3.05) is 0 Å². The Labute approximate surface area is 94.7 Å². The van der Waals surface area contributed by atoms with Crippen molar-refractivity contribution in [3.8, 4) is 0 Å². The summed E-state index contributed by atoms with van der Waals surface area (Å²) in [6.45, 7) is 1.76. The first-order valence-corrected chi connectivity index (χ1v) is 5.56. The van der Waals surface area contributed by atoms with Crippen molar-refractivity contribution in [2.45, 2.75) is 19.1 Å². The Morgan fingerprint density at radius 3 is 2.56 bits per heavy atom. The molecule has 0 radical (unpaired) electrons. The SMILES string of the molecule is CC(N)c1cc2c(C(F)(F)F)cccc2s1. The molecule has 0 bridgehead atoms. The van der Waals surface area contributed by atoms with Gasteiger partial charge in [-0.3, -0.25) is 0 Å². The van der Waals surface area contributed by atoms with Crippen molar-refractivity contribution in [3.63, 3.8) is 0 Å². The van der Waals surface area contributed by atoms with Gasteiger partial charge in [0, 0.05) is 21.0 Å². The smallest absolute Gasteiger partial charge is 0.324 e. The molecule has 2 rings (SSSR count). The van der Waals surface area contributed by atoms with Crippen LogP contribution in [-0.4, -0.2) is 0 Å². The third-order valence-corrected chi connectivity index (χ3v) is 3.64. The molecular formula is C11H10F3NS. The van der Waals surface area contributed by atoms with Gasteiger partial charge >= 0.3 is 6.18 Å². The van der Waals surface area contributed by atoms with Gasteiger partial charge in [-0.05, 0) is 25.1 Å². The molecule has 0 saturated carbocycles. The summed E-state index contributed by atoms with van der Waals surface area (Å²) in [6, 6.07) is 5.50. The van der Waals surface area contributed by atoms with Gasteiger partial charge < -0.3 is 5.73 Å². The summed E-state index contributed by atoms with van der Waals surface area (Å²) in [6.07, 6.45) is -4.31. The van der Waals surface area contributed by atoms with Crippen LogP contribution in [0.1, 0.15) is 23.4 Å². The van der Waals surface area contributed by atoms with Crippen LogP contribution in [0.5, 0.6) is 0 Å². The highest BCUT2D eigenvalue weighted by atomic mass is 32.1. The fraction of sp³-hybridized carbons (Fsp3) is 0.273. The van der Waals surface area contributed by atoms with Crippen LogP contribution in [0.25, 0.3) is 10.1 Å². The second-order valence-electron chi connectivity index (χ2n) is 3.65. The highest BCUT2D eigenvalue weighted by Gasteiger charge is 2.32. The van der Waals surface area contributed by atoms with Crippen LogP contribution < -0.4 is 5.73 Å². The van der Waals surface area contributed by atoms with Crippen LogP contribution in [0.15, 0.2) is 24.3 Å². The molecule has 0 aliphatic rings. The highest BCUT2D eigenvalue weighted by molar-refractivity contribution is 7.19. The molecule has 1 atom stereocenters. The average molecular weight is 245 g/mol. The summed E-state index contributed by atoms with van der Waals surface area (Å²) < 4.78 is 38.7. The Balaban J connectivity index is 2.68. The Morgan fingerprint density at radius 2 is 2.00 bits per heavy atom. The molecule has 5 heteroatoms. The molecule has 0 fully saturated rings. The van der Waals surface area contributed by atoms with E-state index < -0.39 is 11.7 Å². The van der Waals surface area contributed by atoms with E-state index in [1.807, 2.05) is 0 Å². The number of hydrogen-bond donors (Lipinski definition) is 1. The van der Waals surface area contributed by atoms with E-state index in [9.17, 15) is 13.2 Å². The van der Waals surface area contributed by atoms with Gasteiger partial charge in [0.15, 0.2) is 0 Å². The van der Waals surface area contributed by atoms with Gasteiger partial charge in [0.2, 0.25) is 0 Å². The standard InChI is InChI=1S/C11H10F3NS/c1-6(15)10-5-7-8(11(12,13)14)3-2-4-9(7)16-10/h2-6H,15H2,1H3. The largest absolute Gasteiger partial charge is 0.417 e. The molecule has 0 spiro atoms. The first kappa shape index (κ1) is 11.4. The summed E-state index contributed by atoms with van der Waals surface area (Å²) >= 11 is 1.31. The molecule has 0 aliphatic carbocycles. The van der Waals surface area contributed by atoms with Gasteiger partial charge in [0.25, 0.3) is 0 Å². The number of alkyl halides is 3. The Kier molecular flexibility index (Phi) is 2.67. The van der Waals surface area contributed by atoms with E-state index in [1.165, 1.54) is 23.5 Å². The number of hydrogen-bond acceptors (Lipinski definition) is 2. The summed E-state index contributed by atoms with van der Waals surface area (Å²) in [5.41, 5.74) is 5.08. The molecule has 0 amide bonds. The van der Waals surface area contributed by atoms with Crippen molar-refractivity contribution < 1.29 is 13.2 Å². The van der Waals surface area contributed by atoms with Gasteiger partial charge in [-0.15, -0.1) is 11.3 Å². The van der Waals surface area contributed by atoms with E-state index in [0.717, 1.165) is 10.9 Å². The maximum Gasteiger partial charge on any atom is 0.417 e. The minimum absolute atomic E-state index is 0.238. The molecule has 1 heterocycles. The molecule has 0 aliphatic heterocycles. The molecule has 1 aromatic heterocycles. The van der Waals surface area contributed by atoms with Gasteiger partial charge in [-0.25, -0.2) is 0 Å². The lowest BCUT2D eigenvalue weighted by molar-refractivity contribution is -0.136. The predicted octanol–water partition coefficient (Wildman–Crippen LogP) is 3.94. The number of thiophene rings is 1. The van der Waals surface area contributed by atoms with E-state index in [4.69, 9.17) is 5.73 Å². The van der Waals surface area contributed by atoms with Crippen molar-refractivity contribution in [3.05, 3.63) is 34.7 Å². The van der Waals surface area contributed by atoms with Crippen molar-refractivity contribution in [1.82, 2.24) is 0 Å². The Morgan fingerprint density at radius 1 is 1.31 bits per heavy atom. The van der Waals surface area contributed by atoms with Crippen molar-refractivity contribution in [2.24, 2.45) is 5.73 Å². The van der Waals surface area contributed by atoms with E-state index in [0.29, 0.717) is 4.70 Å². The van der Waals surface area contributed by atoms with Gasteiger partial charge in [-0.2, -0.15) is 13.2 Å². The minimum atomic E-state index is -4.31. The summed E-state index contributed by atoms with van der Waals surface area (Å²) in [5, 5.41) is 0.243. The topological polar surface area (TPSA) is 26.0 Å². The number of fused-ring (bicyclic) bond motifs is 1. The lowest BCUT2D eigenvalue weighted by atomic mass is 10.1. The zero-order valence-corrected chi connectivity index (χ0v) is 9.32. The lowest BCUT2D eigenvalue weighted by Gasteiger charge is -2.07. The fourth-order valence-electron chi connectivity index (χ4n) is 1.55. The number of halogens is 3. The maximum atomic E-state index is 12.7. The summed E-state index contributed by atoms with van der Waals surface area (Å²) in [7, 11) is 0. The zero-order chi connectivity index (χ0) is 11.9. The fourth-order valence-corrected chi connectivity index (χ4v) is 2.59. The normalized spacial score (nSPS) is 14.3. The average Bonchev–Trinajstić information content (AvgIpc) is 2.58. The monoisotopic (exact) mass is 245 g/mol. The molecule has 1 nitrogen and oxygen atoms in total. The van der Waals surface area contributed by atoms with Crippen LogP contribution in [0.3, 0.4) is 0 Å². The summed E-state index contributed by atoms with van der Waals surface area (Å²) in [5.74, 6) is 0. The predicted molar refractivity (Wildman–Crippen MR) is 59.4 cm³/mol. The molecule has 86 valence electrons. The third-order valence-electron chi connectivity index (χ3n) is 2.33. The molecule has 2 N–H and O–H groups in total. The van der Waals surface area contributed by atoms with Gasteiger partial charge in [0.05, 0.1) is 5.56 Å². The quantitative estimate of drug-likeness (QED) is 0.809. The van der Waals surface area contributed by atoms with Gasteiger partial charge in [0.1, 0.15) is 0 Å². The molecular weight excluding hydrogens is 235 g/mol.